The number of nitrogens with zero attached hydrogens (tertiary/aromatic N) is 2. The molecule has 2 heterocycles. The van der Waals surface area contributed by atoms with Crippen molar-refractivity contribution in [2.45, 2.75) is 118 Å². The lowest BCUT2D eigenvalue weighted by atomic mass is 9.90. The van der Waals surface area contributed by atoms with E-state index in [0.717, 1.165) is 35.8 Å². The van der Waals surface area contributed by atoms with Gasteiger partial charge in [-0.15, -0.1) is 0 Å². The van der Waals surface area contributed by atoms with Gasteiger partial charge in [0.05, 0.1) is 86.9 Å². The number of hydrogen-bond acceptors (Lipinski definition) is 21. The fourth-order valence-corrected chi connectivity index (χ4v) is 10.9. The van der Waals surface area contributed by atoms with Crippen LogP contribution >= 0.6 is 8.25 Å². The van der Waals surface area contributed by atoms with E-state index in [1.807, 2.05) is 13.8 Å². The topological polar surface area (TPSA) is 367 Å². The number of carbonyl (C=O) groups is 10. The highest BCUT2D eigenvalue weighted by Gasteiger charge is 2.36. The Kier molecular flexibility index (Phi) is 32.1. The molecule has 6 aromatic rings. The molecule has 4 atom stereocenters. The zero-order valence-electron chi connectivity index (χ0n) is 57.1. The number of ether oxygens (including phenoxy) is 4. The minimum absolute atomic E-state index is 0.0693. The summed E-state index contributed by atoms with van der Waals surface area (Å²) in [5.41, 5.74) is 1.34. The summed E-state index contributed by atoms with van der Waals surface area (Å²) in [6.07, 6.45) is 6.62. The number of carbonyl (C=O) groups excluding carboxylic acids is 10. The maximum absolute atomic E-state index is 13.7. The predicted octanol–water partition coefficient (Wildman–Crippen LogP) is 9.80. The van der Waals surface area contributed by atoms with Crippen molar-refractivity contribution >= 4 is 68.5 Å². The molecule has 536 valence electrons. The van der Waals surface area contributed by atoms with Gasteiger partial charge in [-0.3, -0.25) is 38.4 Å². The molecule has 2 aromatic heterocycles. The Labute approximate surface area is 579 Å². The number of unbranched alkanes of at least 4 members (excludes halogenated alkanes) is 4. The lowest BCUT2D eigenvalue weighted by Gasteiger charge is -2.31. The van der Waals surface area contributed by atoms with Gasteiger partial charge in [-0.2, -0.15) is 10.1 Å². The molecule has 0 aliphatic heterocycles. The molecule has 8 amide bonds. The third kappa shape index (κ3) is 22.7. The van der Waals surface area contributed by atoms with Gasteiger partial charge < -0.3 is 69.4 Å². The summed E-state index contributed by atoms with van der Waals surface area (Å²) in [6, 6.07) is 25.5. The number of methoxy groups -OCH3 is 2. The molecule has 100 heavy (non-hydrogen) atoms. The van der Waals surface area contributed by atoms with Gasteiger partial charge in [0, 0.05) is 15.7 Å². The van der Waals surface area contributed by atoms with E-state index in [2.05, 4.69) is 31.9 Å². The van der Waals surface area contributed by atoms with E-state index in [1.54, 1.807) is 64.1 Å². The van der Waals surface area contributed by atoms with Crippen LogP contribution in [-0.4, -0.2) is 137 Å². The summed E-state index contributed by atoms with van der Waals surface area (Å²) in [7, 11) is 0.0866. The molecule has 29 nitrogen and oxygen atoms in total. The standard InChI is InChI=1S/C70H85N8O21P/c1-9-15-17-19-51(55(11-3)77(43-79)98-69(87)45-21-27-49(90-7)28-22-45)63(81)71-39-73-67(85)59-35-33-57(96-59)47-25-31-53(61(37-47)92-13-5)65(83)75-41-94-100(89)95-42-76-66(84)54-32-26-48(38-62(54)93-14-6)58-34-36-60(97-58)68(86)74-40-72-64(82)52(20-18-16-10-2)56(12-4)78(44-80)99-70(88)46-23-29-50(91-8)30-24-46/h21-38,43-44,51-52,55-56H,9-20,39-42H2,1-8H3,(H5-,71,72,73,74,75,76,81,82,83,84,85,86)/p+1/t51-,52-,55-,56-/m1/s1. The molecule has 0 saturated heterocycles. The molecule has 0 fully saturated rings. The second kappa shape index (κ2) is 40.9. The number of benzene rings is 4. The number of amides is 8. The maximum Gasteiger partial charge on any atom is 0.701 e. The van der Waals surface area contributed by atoms with Crippen LogP contribution in [0.5, 0.6) is 23.0 Å². The molecule has 6 N–H and O–H groups in total. The van der Waals surface area contributed by atoms with Gasteiger partial charge >= 0.3 is 20.2 Å². The maximum atomic E-state index is 13.7. The lowest BCUT2D eigenvalue weighted by molar-refractivity contribution is -0.171. The van der Waals surface area contributed by atoms with E-state index in [9.17, 15) is 52.5 Å². The van der Waals surface area contributed by atoms with E-state index < -0.39 is 93.0 Å². The van der Waals surface area contributed by atoms with Crippen molar-refractivity contribution < 1.29 is 99.0 Å². The minimum atomic E-state index is -2.88. The normalized spacial score (nSPS) is 12.0. The van der Waals surface area contributed by atoms with Crippen LogP contribution in [-0.2, 0) is 42.5 Å². The first-order chi connectivity index (χ1) is 48.4. The van der Waals surface area contributed by atoms with Gasteiger partial charge in [0.15, 0.2) is 25.0 Å². The Bertz CT molecular complexity index is 3490. The first kappa shape index (κ1) is 78.4. The molecule has 0 aliphatic carbocycles. The van der Waals surface area contributed by atoms with Crippen LogP contribution in [0.3, 0.4) is 0 Å². The average molecular weight is 1410 g/mol. The fourth-order valence-electron chi connectivity index (χ4n) is 10.5. The Hall–Kier alpha value is -10.6. The Morgan fingerprint density at radius 2 is 0.870 bits per heavy atom. The molecule has 0 radical (unpaired) electrons. The summed E-state index contributed by atoms with van der Waals surface area (Å²) in [5.74, 6) is -5.28. The third-order valence-corrected chi connectivity index (χ3v) is 16.4. The first-order valence-corrected chi connectivity index (χ1v) is 33.8. The molecule has 0 bridgehead atoms. The van der Waals surface area contributed by atoms with E-state index in [0.29, 0.717) is 61.1 Å². The minimum Gasteiger partial charge on any atom is -0.497 e. The number of rotatable bonds is 44. The molecule has 30 heteroatoms. The zero-order valence-corrected chi connectivity index (χ0v) is 58.0. The van der Waals surface area contributed by atoms with E-state index in [1.165, 1.54) is 87.0 Å². The summed E-state index contributed by atoms with van der Waals surface area (Å²) < 4.78 is 56.6. The summed E-state index contributed by atoms with van der Waals surface area (Å²) >= 11 is 0. The van der Waals surface area contributed by atoms with Gasteiger partial charge in [0.2, 0.25) is 24.6 Å². The average Bonchev–Trinajstić information content (AvgIpc) is 1.11. The molecule has 0 spiro atoms. The highest BCUT2D eigenvalue weighted by molar-refractivity contribution is 7.33. The van der Waals surface area contributed by atoms with Crippen LogP contribution in [0, 0.1) is 11.8 Å². The number of hydrogen-bond donors (Lipinski definition) is 6. The van der Waals surface area contributed by atoms with Crippen LogP contribution in [0.15, 0.2) is 118 Å². The van der Waals surface area contributed by atoms with Crippen molar-refractivity contribution in [3.8, 4) is 45.6 Å². The zero-order chi connectivity index (χ0) is 72.5. The number of hydroxylamine groups is 4. The quantitative estimate of drug-likeness (QED) is 0.00681. The van der Waals surface area contributed by atoms with Crippen molar-refractivity contribution in [2.24, 2.45) is 11.8 Å². The van der Waals surface area contributed by atoms with Crippen molar-refractivity contribution in [3.05, 3.63) is 143 Å². The molecule has 0 aliphatic rings. The molecular weight excluding hydrogens is 1320 g/mol. The van der Waals surface area contributed by atoms with Crippen LogP contribution in [0.25, 0.3) is 22.6 Å². The van der Waals surface area contributed by atoms with Gasteiger partial charge in [-0.1, -0.05) is 87.4 Å². The Balaban J connectivity index is 0.955. The van der Waals surface area contributed by atoms with Crippen LogP contribution in [0.2, 0.25) is 0 Å². The van der Waals surface area contributed by atoms with Gasteiger partial charge in [0.25, 0.3) is 23.6 Å². The first-order valence-electron chi connectivity index (χ1n) is 32.7. The monoisotopic (exact) mass is 1410 g/mol. The molecule has 0 saturated carbocycles. The van der Waals surface area contributed by atoms with Crippen LogP contribution < -0.4 is 50.8 Å². The lowest BCUT2D eigenvalue weighted by Crippen LogP contribution is -2.49. The van der Waals surface area contributed by atoms with Crippen LogP contribution in [0.1, 0.15) is 168 Å². The van der Waals surface area contributed by atoms with Crippen molar-refractivity contribution in [1.29, 1.82) is 0 Å². The number of furan rings is 2. The molecule has 0 unspecified atom stereocenters. The van der Waals surface area contributed by atoms with Gasteiger partial charge in [-0.25, -0.2) is 9.59 Å². The SMILES string of the molecule is CCCCC[C@@H](C(=O)NCNC(=O)c1ccc(-c2ccc(C(=O)NCO[P+](=O)OCNC(=O)c3ccc(-c4ccc(C(=O)NCNC(=O)[C@H](CCCCC)[C@@H](CC)N(C=O)OC(=O)c5ccc(OC)cc5)o4)cc3OCC)c(OCC)c2)o1)[C@@H](CC)N(C=O)OC(=O)c1ccc(OC)cc1. The Morgan fingerprint density at radius 1 is 0.480 bits per heavy atom. The highest BCUT2D eigenvalue weighted by Crippen LogP contribution is 2.33. The largest absolute Gasteiger partial charge is 0.701 e. The fraction of sp³-hybridized carbons (Fsp3) is 0.400. The van der Waals surface area contributed by atoms with Crippen molar-refractivity contribution in [3.63, 3.8) is 0 Å². The number of nitrogens with one attached hydrogen (secondary N) is 6. The van der Waals surface area contributed by atoms with Crippen molar-refractivity contribution in [1.82, 2.24) is 42.0 Å². The smallest absolute Gasteiger partial charge is 0.497 e. The molecular formula is C70H86N8O21P+. The van der Waals surface area contributed by atoms with E-state index in [4.69, 9.17) is 46.5 Å². The van der Waals surface area contributed by atoms with Crippen molar-refractivity contribution in [2.75, 3.05) is 54.2 Å². The van der Waals surface area contributed by atoms with Gasteiger partial charge in [-0.05, 0) is 137 Å². The second-order valence-corrected chi connectivity index (χ2v) is 23.1. The summed E-state index contributed by atoms with van der Waals surface area (Å²) in [5, 5.41) is 17.3. The molecule has 4 aromatic carbocycles. The van der Waals surface area contributed by atoms with E-state index in [-0.39, 0.29) is 96.2 Å². The summed E-state index contributed by atoms with van der Waals surface area (Å²) in [4.78, 5) is 142. The second-order valence-electron chi connectivity index (χ2n) is 22.1. The predicted molar refractivity (Wildman–Crippen MR) is 362 cm³/mol. The third-order valence-electron chi connectivity index (χ3n) is 15.7. The van der Waals surface area contributed by atoms with Crippen LogP contribution in [0.4, 0.5) is 0 Å². The van der Waals surface area contributed by atoms with Gasteiger partial charge in [0.1, 0.15) is 34.5 Å². The molecule has 6 rings (SSSR count). The highest BCUT2D eigenvalue weighted by atomic mass is 31.1. The van der Waals surface area contributed by atoms with E-state index >= 15 is 0 Å². The summed E-state index contributed by atoms with van der Waals surface area (Å²) in [6.45, 7) is 9.48. The Morgan fingerprint density at radius 3 is 1.21 bits per heavy atom.